The lowest BCUT2D eigenvalue weighted by Gasteiger charge is -2.25. The largest absolute Gasteiger partial charge is 0.443 e. The van der Waals surface area contributed by atoms with Gasteiger partial charge in [-0.25, -0.2) is 0 Å². The molecule has 18 heavy (non-hydrogen) atoms. The van der Waals surface area contributed by atoms with Crippen LogP contribution in [0.25, 0.3) is 0 Å². The highest BCUT2D eigenvalue weighted by Gasteiger charge is 2.21. The fourth-order valence-electron chi connectivity index (χ4n) is 2.61. The summed E-state index contributed by atoms with van der Waals surface area (Å²) >= 11 is 0. The summed E-state index contributed by atoms with van der Waals surface area (Å²) in [5.41, 5.74) is 1.47. The normalized spacial score (nSPS) is 30.2. The van der Waals surface area contributed by atoms with Gasteiger partial charge in [0.05, 0.1) is 6.54 Å². The lowest BCUT2D eigenvalue weighted by atomic mass is 9.88. The molecule has 1 heterocycles. The van der Waals surface area contributed by atoms with Gasteiger partial charge in [-0.3, -0.25) is 4.99 Å². The van der Waals surface area contributed by atoms with Gasteiger partial charge in [-0.15, -0.1) is 0 Å². The summed E-state index contributed by atoms with van der Waals surface area (Å²) in [6.07, 6.45) is 16.3. The molecule has 0 saturated carbocycles. The quantitative estimate of drug-likeness (QED) is 0.640. The molecule has 0 saturated heterocycles. The molecule has 0 spiro atoms. The van der Waals surface area contributed by atoms with E-state index in [0.29, 0.717) is 11.8 Å². The molecule has 3 aliphatic rings. The zero-order valence-corrected chi connectivity index (χ0v) is 10.8. The molecule has 0 bridgehead atoms. The van der Waals surface area contributed by atoms with Gasteiger partial charge in [0.25, 0.3) is 0 Å². The summed E-state index contributed by atoms with van der Waals surface area (Å²) in [4.78, 5) is 4.54. The van der Waals surface area contributed by atoms with E-state index in [1.54, 1.807) is 0 Å². The predicted molar refractivity (Wildman–Crippen MR) is 74.3 cm³/mol. The molecule has 94 valence electrons. The van der Waals surface area contributed by atoms with Crippen LogP contribution in [0.2, 0.25) is 0 Å². The predicted octanol–water partition coefficient (Wildman–Crippen LogP) is 3.79. The van der Waals surface area contributed by atoms with E-state index in [-0.39, 0.29) is 0 Å². The second kappa shape index (κ2) is 4.97. The lowest BCUT2D eigenvalue weighted by Crippen LogP contribution is -2.19. The van der Waals surface area contributed by atoms with Gasteiger partial charge in [-0.2, -0.15) is 0 Å². The molecule has 0 aromatic carbocycles. The summed E-state index contributed by atoms with van der Waals surface area (Å²) in [7, 11) is 0. The lowest BCUT2D eigenvalue weighted by molar-refractivity contribution is 0.344. The number of aliphatic imine (C=N–C) groups is 1. The molecule has 0 aromatic heterocycles. The molecule has 0 aromatic rings. The molecular formula is C16H19NO. The van der Waals surface area contributed by atoms with E-state index in [9.17, 15) is 0 Å². The highest BCUT2D eigenvalue weighted by atomic mass is 16.5. The van der Waals surface area contributed by atoms with E-state index in [0.717, 1.165) is 37.5 Å². The first-order valence-corrected chi connectivity index (χ1v) is 6.79. The number of allylic oxidation sites excluding steroid dienone is 5. The molecule has 0 amide bonds. The third-order valence-corrected chi connectivity index (χ3v) is 3.79. The summed E-state index contributed by atoms with van der Waals surface area (Å²) < 4.78 is 5.95. The van der Waals surface area contributed by atoms with Crippen LogP contribution in [-0.2, 0) is 4.74 Å². The van der Waals surface area contributed by atoms with Gasteiger partial charge < -0.3 is 4.74 Å². The van der Waals surface area contributed by atoms with Crippen LogP contribution < -0.4 is 0 Å². The van der Waals surface area contributed by atoms with Crippen LogP contribution in [0.15, 0.2) is 52.8 Å². The zero-order valence-electron chi connectivity index (χ0n) is 10.8. The van der Waals surface area contributed by atoms with Gasteiger partial charge in [-0.05, 0) is 25.3 Å². The Labute approximate surface area is 108 Å². The fourth-order valence-corrected chi connectivity index (χ4v) is 2.61. The molecule has 0 fully saturated rings. The van der Waals surface area contributed by atoms with E-state index in [1.807, 2.05) is 0 Å². The first-order chi connectivity index (χ1) is 8.83. The number of nitrogens with zero attached hydrogens (tertiary/aromatic N) is 1. The standard InChI is InChI=1S/C16H19NO/c1-12-6-2-5-9-15(12)18-16-10-13-7-3-4-8-14(13)11-17-16/h2,4-5,8-10,12,14H,3,6-7,11H2,1H3. The summed E-state index contributed by atoms with van der Waals surface area (Å²) in [6, 6.07) is 0. The van der Waals surface area contributed by atoms with Gasteiger partial charge in [0.1, 0.15) is 5.76 Å². The average molecular weight is 241 g/mol. The Balaban J connectivity index is 1.73. The van der Waals surface area contributed by atoms with Gasteiger partial charge >= 0.3 is 0 Å². The van der Waals surface area contributed by atoms with E-state index in [2.05, 4.69) is 48.4 Å². The first-order valence-electron chi connectivity index (χ1n) is 6.79. The highest BCUT2D eigenvalue weighted by Crippen LogP contribution is 2.28. The maximum absolute atomic E-state index is 5.95. The summed E-state index contributed by atoms with van der Waals surface area (Å²) in [6.45, 7) is 3.03. The minimum atomic E-state index is 0.458. The SMILES string of the molecule is CC1CC=CC=C1OC1=NCC2C=CCCC2=C1. The van der Waals surface area contributed by atoms with Crippen molar-refractivity contribution in [3.05, 3.63) is 47.8 Å². The molecule has 2 unspecified atom stereocenters. The van der Waals surface area contributed by atoms with Crippen LogP contribution >= 0.6 is 0 Å². The van der Waals surface area contributed by atoms with Crippen LogP contribution in [0.5, 0.6) is 0 Å². The van der Waals surface area contributed by atoms with Crippen molar-refractivity contribution in [2.24, 2.45) is 16.8 Å². The zero-order chi connectivity index (χ0) is 12.4. The average Bonchev–Trinajstić information content (AvgIpc) is 2.41. The Kier molecular flexibility index (Phi) is 3.18. The number of rotatable bonds is 1. The number of ether oxygens (including phenoxy) is 1. The highest BCUT2D eigenvalue weighted by molar-refractivity contribution is 5.90. The van der Waals surface area contributed by atoms with Crippen molar-refractivity contribution < 1.29 is 4.74 Å². The minimum absolute atomic E-state index is 0.458. The molecule has 2 nitrogen and oxygen atoms in total. The topological polar surface area (TPSA) is 21.6 Å². The first kappa shape index (κ1) is 11.5. The maximum Gasteiger partial charge on any atom is 0.214 e. The van der Waals surface area contributed by atoms with E-state index in [4.69, 9.17) is 4.74 Å². The van der Waals surface area contributed by atoms with Crippen LogP contribution in [0.3, 0.4) is 0 Å². The molecular weight excluding hydrogens is 222 g/mol. The Morgan fingerprint density at radius 1 is 1.33 bits per heavy atom. The third kappa shape index (κ3) is 2.33. The van der Waals surface area contributed by atoms with Crippen molar-refractivity contribution in [2.75, 3.05) is 6.54 Å². The van der Waals surface area contributed by atoms with Gasteiger partial charge in [-0.1, -0.05) is 36.8 Å². The van der Waals surface area contributed by atoms with Crippen LogP contribution in [0.4, 0.5) is 0 Å². The van der Waals surface area contributed by atoms with Gasteiger partial charge in [0.2, 0.25) is 5.90 Å². The Bertz CT molecular complexity index is 479. The number of hydrogen-bond donors (Lipinski definition) is 0. The third-order valence-electron chi connectivity index (χ3n) is 3.79. The van der Waals surface area contributed by atoms with Crippen molar-refractivity contribution in [3.63, 3.8) is 0 Å². The van der Waals surface area contributed by atoms with Crippen LogP contribution in [0, 0.1) is 11.8 Å². The molecule has 0 radical (unpaired) electrons. The number of dihydropyridines is 1. The molecule has 2 heteroatoms. The molecule has 2 aliphatic carbocycles. The van der Waals surface area contributed by atoms with Crippen molar-refractivity contribution in [1.29, 1.82) is 0 Å². The van der Waals surface area contributed by atoms with E-state index >= 15 is 0 Å². The molecule has 2 atom stereocenters. The van der Waals surface area contributed by atoms with E-state index in [1.165, 1.54) is 5.57 Å². The molecule has 3 rings (SSSR count). The smallest absolute Gasteiger partial charge is 0.214 e. The van der Waals surface area contributed by atoms with Crippen molar-refractivity contribution in [3.8, 4) is 0 Å². The summed E-state index contributed by atoms with van der Waals surface area (Å²) in [5, 5.41) is 0. The van der Waals surface area contributed by atoms with Crippen LogP contribution in [-0.4, -0.2) is 12.4 Å². The number of hydrogen-bond acceptors (Lipinski definition) is 2. The van der Waals surface area contributed by atoms with Gasteiger partial charge in [0, 0.05) is 17.9 Å². The fraction of sp³-hybridized carbons (Fsp3) is 0.438. The van der Waals surface area contributed by atoms with Crippen LogP contribution in [0.1, 0.15) is 26.2 Å². The minimum Gasteiger partial charge on any atom is -0.443 e. The van der Waals surface area contributed by atoms with Crippen molar-refractivity contribution in [2.45, 2.75) is 26.2 Å². The monoisotopic (exact) mass is 241 g/mol. The summed E-state index contributed by atoms with van der Waals surface area (Å²) in [5.74, 6) is 2.81. The number of fused-ring (bicyclic) bond motifs is 1. The second-order valence-corrected chi connectivity index (χ2v) is 5.21. The molecule has 0 N–H and O–H groups in total. The van der Waals surface area contributed by atoms with Crippen molar-refractivity contribution in [1.82, 2.24) is 0 Å². The molecule has 1 aliphatic heterocycles. The Hall–Kier alpha value is -1.57. The van der Waals surface area contributed by atoms with E-state index < -0.39 is 0 Å². The maximum atomic E-state index is 5.95. The second-order valence-electron chi connectivity index (χ2n) is 5.21. The van der Waals surface area contributed by atoms with Crippen molar-refractivity contribution >= 4 is 5.90 Å². The Morgan fingerprint density at radius 2 is 2.28 bits per heavy atom. The van der Waals surface area contributed by atoms with Gasteiger partial charge in [0.15, 0.2) is 0 Å². The Morgan fingerprint density at radius 3 is 3.17 bits per heavy atom.